The second-order valence-corrected chi connectivity index (χ2v) is 6.16. The van der Waals surface area contributed by atoms with Crippen LogP contribution >= 0.6 is 0 Å². The maximum absolute atomic E-state index is 12.5. The van der Waals surface area contributed by atoms with Gasteiger partial charge in [-0.15, -0.1) is 10.2 Å². The lowest BCUT2D eigenvalue weighted by molar-refractivity contribution is 0.102. The fourth-order valence-corrected chi connectivity index (χ4v) is 2.86. The van der Waals surface area contributed by atoms with Gasteiger partial charge in [-0.3, -0.25) is 9.20 Å². The van der Waals surface area contributed by atoms with E-state index >= 15 is 0 Å². The normalized spacial score (nSPS) is 10.8. The first-order valence-electron chi connectivity index (χ1n) is 8.26. The molecule has 2 aromatic heterocycles. The van der Waals surface area contributed by atoms with E-state index in [-0.39, 0.29) is 5.91 Å². The van der Waals surface area contributed by atoms with Gasteiger partial charge < -0.3 is 5.32 Å². The Balaban J connectivity index is 1.58. The predicted octanol–water partition coefficient (Wildman–Crippen LogP) is 3.66. The standard InChI is InChI=1S/C20H17N5O/c1-13-4-9-17(14(2)12-13)22-19(26)16-7-5-15(6-8-16)18-23-24-20-21-10-3-11-25(18)20/h3-12H,1-2H3,(H,22,26). The number of nitrogens with zero attached hydrogens (tertiary/aromatic N) is 4. The summed E-state index contributed by atoms with van der Waals surface area (Å²) in [6.07, 6.45) is 3.53. The quantitative estimate of drug-likeness (QED) is 0.616. The van der Waals surface area contributed by atoms with Crippen molar-refractivity contribution in [3.05, 3.63) is 77.6 Å². The molecule has 0 saturated heterocycles. The Morgan fingerprint density at radius 1 is 1.04 bits per heavy atom. The maximum Gasteiger partial charge on any atom is 0.255 e. The zero-order valence-electron chi connectivity index (χ0n) is 14.5. The third-order valence-corrected chi connectivity index (χ3v) is 4.22. The van der Waals surface area contributed by atoms with Crippen LogP contribution in [0, 0.1) is 13.8 Å². The molecule has 0 unspecified atom stereocenters. The second kappa shape index (κ2) is 6.40. The van der Waals surface area contributed by atoms with Crippen LogP contribution in [0.1, 0.15) is 21.5 Å². The van der Waals surface area contributed by atoms with Gasteiger partial charge in [0.15, 0.2) is 5.82 Å². The van der Waals surface area contributed by atoms with Gasteiger partial charge in [0.25, 0.3) is 11.7 Å². The largest absolute Gasteiger partial charge is 0.322 e. The van der Waals surface area contributed by atoms with Crippen molar-refractivity contribution >= 4 is 17.4 Å². The minimum atomic E-state index is -0.142. The molecule has 6 nitrogen and oxygen atoms in total. The summed E-state index contributed by atoms with van der Waals surface area (Å²) in [6, 6.07) is 15.1. The molecule has 0 fully saturated rings. The van der Waals surface area contributed by atoms with Gasteiger partial charge in [-0.05, 0) is 43.7 Å². The van der Waals surface area contributed by atoms with Crippen molar-refractivity contribution in [3.63, 3.8) is 0 Å². The maximum atomic E-state index is 12.5. The number of carbonyl (C=O) groups is 1. The number of hydrogen-bond acceptors (Lipinski definition) is 4. The Morgan fingerprint density at radius 3 is 2.62 bits per heavy atom. The summed E-state index contributed by atoms with van der Waals surface area (Å²) < 4.78 is 1.81. The fraction of sp³-hybridized carbons (Fsp3) is 0.100. The smallest absolute Gasteiger partial charge is 0.255 e. The van der Waals surface area contributed by atoms with Crippen LogP contribution in [0.4, 0.5) is 5.69 Å². The molecule has 1 N–H and O–H groups in total. The highest BCUT2D eigenvalue weighted by Crippen LogP contribution is 2.20. The molecular formula is C20H17N5O. The van der Waals surface area contributed by atoms with E-state index in [0.29, 0.717) is 17.2 Å². The van der Waals surface area contributed by atoms with Gasteiger partial charge in [0.1, 0.15) is 0 Å². The SMILES string of the molecule is Cc1ccc(NC(=O)c2ccc(-c3nnc4ncccn34)cc2)c(C)c1. The summed E-state index contributed by atoms with van der Waals surface area (Å²) in [4.78, 5) is 16.7. The number of hydrogen-bond donors (Lipinski definition) is 1. The summed E-state index contributed by atoms with van der Waals surface area (Å²) in [7, 11) is 0. The molecule has 2 heterocycles. The van der Waals surface area contributed by atoms with Crippen molar-refractivity contribution in [2.75, 3.05) is 5.32 Å². The number of aromatic nitrogens is 4. The van der Waals surface area contributed by atoms with Gasteiger partial charge in [0.2, 0.25) is 0 Å². The highest BCUT2D eigenvalue weighted by atomic mass is 16.1. The van der Waals surface area contributed by atoms with Crippen LogP contribution in [-0.2, 0) is 0 Å². The van der Waals surface area contributed by atoms with E-state index in [1.807, 2.05) is 60.8 Å². The zero-order chi connectivity index (χ0) is 18.1. The Labute approximate surface area is 150 Å². The number of anilines is 1. The molecule has 0 saturated carbocycles. The Kier molecular flexibility index (Phi) is 3.93. The minimum Gasteiger partial charge on any atom is -0.322 e. The average molecular weight is 343 g/mol. The topological polar surface area (TPSA) is 72.2 Å². The number of nitrogens with one attached hydrogen (secondary N) is 1. The molecular weight excluding hydrogens is 326 g/mol. The van der Waals surface area contributed by atoms with Gasteiger partial charge in [-0.25, -0.2) is 4.98 Å². The monoisotopic (exact) mass is 343 g/mol. The third-order valence-electron chi connectivity index (χ3n) is 4.22. The summed E-state index contributed by atoms with van der Waals surface area (Å²) >= 11 is 0. The number of amides is 1. The molecule has 0 bridgehead atoms. The Morgan fingerprint density at radius 2 is 1.85 bits per heavy atom. The number of aryl methyl sites for hydroxylation is 2. The van der Waals surface area contributed by atoms with Gasteiger partial charge in [-0.1, -0.05) is 29.8 Å². The molecule has 6 heteroatoms. The van der Waals surface area contributed by atoms with E-state index < -0.39 is 0 Å². The molecule has 4 aromatic rings. The first-order chi connectivity index (χ1) is 12.6. The van der Waals surface area contributed by atoms with Crippen LogP contribution < -0.4 is 5.32 Å². The summed E-state index contributed by atoms with van der Waals surface area (Å²) in [5, 5.41) is 11.2. The van der Waals surface area contributed by atoms with Crippen molar-refractivity contribution in [1.82, 2.24) is 19.6 Å². The Bertz CT molecular complexity index is 1100. The van der Waals surface area contributed by atoms with Crippen LogP contribution in [0.25, 0.3) is 17.2 Å². The molecule has 0 radical (unpaired) electrons. The van der Waals surface area contributed by atoms with E-state index in [1.165, 1.54) is 5.56 Å². The number of fused-ring (bicyclic) bond motifs is 1. The van der Waals surface area contributed by atoms with Crippen LogP contribution in [0.2, 0.25) is 0 Å². The van der Waals surface area contributed by atoms with Gasteiger partial charge in [0, 0.05) is 29.2 Å². The Hall–Kier alpha value is -3.54. The van der Waals surface area contributed by atoms with Crippen molar-refractivity contribution < 1.29 is 4.79 Å². The van der Waals surface area contributed by atoms with Crippen molar-refractivity contribution in [1.29, 1.82) is 0 Å². The molecule has 0 aliphatic rings. The van der Waals surface area contributed by atoms with Gasteiger partial charge in [0.05, 0.1) is 0 Å². The number of benzene rings is 2. The molecule has 1 amide bonds. The highest BCUT2D eigenvalue weighted by molar-refractivity contribution is 6.04. The number of rotatable bonds is 3. The third kappa shape index (κ3) is 2.93. The fourth-order valence-electron chi connectivity index (χ4n) is 2.86. The first kappa shape index (κ1) is 16.0. The van der Waals surface area contributed by atoms with Crippen LogP contribution in [0.5, 0.6) is 0 Å². The average Bonchev–Trinajstić information content (AvgIpc) is 3.08. The van der Waals surface area contributed by atoms with E-state index in [4.69, 9.17) is 0 Å². The summed E-state index contributed by atoms with van der Waals surface area (Å²) in [6.45, 7) is 4.01. The lowest BCUT2D eigenvalue weighted by atomic mass is 10.1. The van der Waals surface area contributed by atoms with E-state index in [9.17, 15) is 4.79 Å². The van der Waals surface area contributed by atoms with Crippen molar-refractivity contribution in [2.45, 2.75) is 13.8 Å². The van der Waals surface area contributed by atoms with Crippen molar-refractivity contribution in [3.8, 4) is 11.4 Å². The van der Waals surface area contributed by atoms with E-state index in [1.54, 1.807) is 18.3 Å². The molecule has 0 spiro atoms. The van der Waals surface area contributed by atoms with E-state index in [0.717, 1.165) is 16.8 Å². The summed E-state index contributed by atoms with van der Waals surface area (Å²) in [5.41, 5.74) is 4.48. The predicted molar refractivity (Wildman–Crippen MR) is 100 cm³/mol. The molecule has 0 aliphatic carbocycles. The van der Waals surface area contributed by atoms with E-state index in [2.05, 4.69) is 20.5 Å². The molecule has 0 atom stereocenters. The van der Waals surface area contributed by atoms with Crippen LogP contribution in [0.15, 0.2) is 60.9 Å². The number of carbonyl (C=O) groups excluding carboxylic acids is 1. The summed E-state index contributed by atoms with van der Waals surface area (Å²) in [5.74, 6) is 1.09. The minimum absolute atomic E-state index is 0.142. The zero-order valence-corrected chi connectivity index (χ0v) is 14.5. The van der Waals surface area contributed by atoms with Crippen molar-refractivity contribution in [2.24, 2.45) is 0 Å². The molecule has 26 heavy (non-hydrogen) atoms. The molecule has 0 aliphatic heterocycles. The van der Waals surface area contributed by atoms with Crippen LogP contribution in [0.3, 0.4) is 0 Å². The van der Waals surface area contributed by atoms with Gasteiger partial charge in [-0.2, -0.15) is 0 Å². The lowest BCUT2D eigenvalue weighted by Gasteiger charge is -2.09. The highest BCUT2D eigenvalue weighted by Gasteiger charge is 2.11. The molecule has 4 rings (SSSR count). The second-order valence-electron chi connectivity index (χ2n) is 6.16. The molecule has 2 aromatic carbocycles. The molecule has 128 valence electrons. The van der Waals surface area contributed by atoms with Gasteiger partial charge >= 0.3 is 0 Å². The van der Waals surface area contributed by atoms with Crippen LogP contribution in [-0.4, -0.2) is 25.5 Å². The first-order valence-corrected chi connectivity index (χ1v) is 8.26. The lowest BCUT2D eigenvalue weighted by Crippen LogP contribution is -2.12.